The Bertz CT molecular complexity index is 1440. The lowest BCUT2D eigenvalue weighted by Gasteiger charge is -2.09. The molecule has 0 bridgehead atoms. The quantitative estimate of drug-likeness (QED) is 0.395. The van der Waals surface area contributed by atoms with E-state index in [2.05, 4.69) is 10.4 Å². The summed E-state index contributed by atoms with van der Waals surface area (Å²) >= 11 is 0. The van der Waals surface area contributed by atoms with Gasteiger partial charge in [-0.05, 0) is 43.3 Å². The molecule has 32 heavy (non-hydrogen) atoms. The number of methoxy groups -OCH3 is 1. The highest BCUT2D eigenvalue weighted by Gasteiger charge is 2.14. The molecular formula is C25H22FN5O. The van der Waals surface area contributed by atoms with Crippen molar-refractivity contribution >= 4 is 22.3 Å². The van der Waals surface area contributed by atoms with Crippen LogP contribution in [0.2, 0.25) is 0 Å². The van der Waals surface area contributed by atoms with Gasteiger partial charge in [0.1, 0.15) is 17.1 Å². The van der Waals surface area contributed by atoms with Crippen molar-refractivity contribution < 1.29 is 9.13 Å². The molecule has 0 aliphatic heterocycles. The van der Waals surface area contributed by atoms with Gasteiger partial charge in [0.15, 0.2) is 0 Å². The van der Waals surface area contributed by atoms with Gasteiger partial charge in [0.05, 0.1) is 24.7 Å². The number of halogens is 1. The summed E-state index contributed by atoms with van der Waals surface area (Å²) in [6.45, 7) is 2.03. The molecule has 0 atom stereocenters. The Morgan fingerprint density at radius 1 is 1.03 bits per heavy atom. The molecule has 0 radical (unpaired) electrons. The summed E-state index contributed by atoms with van der Waals surface area (Å²) in [6.07, 6.45) is 3.44. The number of hydrogen-bond acceptors (Lipinski definition) is 4. The van der Waals surface area contributed by atoms with Gasteiger partial charge in [0.25, 0.3) is 0 Å². The highest BCUT2D eigenvalue weighted by molar-refractivity contribution is 5.94. The van der Waals surface area contributed by atoms with Gasteiger partial charge in [-0.2, -0.15) is 10.2 Å². The molecule has 0 aliphatic carbocycles. The molecule has 0 fully saturated rings. The van der Waals surface area contributed by atoms with Gasteiger partial charge in [0.2, 0.25) is 0 Å². The highest BCUT2D eigenvalue weighted by atomic mass is 19.1. The van der Waals surface area contributed by atoms with E-state index >= 15 is 0 Å². The molecule has 0 amide bonds. The van der Waals surface area contributed by atoms with E-state index < -0.39 is 0 Å². The molecule has 160 valence electrons. The summed E-state index contributed by atoms with van der Waals surface area (Å²) in [5.74, 6) is 0.456. The third kappa shape index (κ3) is 3.47. The fourth-order valence-electron chi connectivity index (χ4n) is 3.87. The number of benzene rings is 3. The predicted octanol–water partition coefficient (Wildman–Crippen LogP) is 5.63. The van der Waals surface area contributed by atoms with Crippen LogP contribution in [0, 0.1) is 12.7 Å². The summed E-state index contributed by atoms with van der Waals surface area (Å²) in [5.41, 5.74) is 5.44. The average Bonchev–Trinajstić information content (AvgIpc) is 3.38. The number of aryl methyl sites for hydroxylation is 2. The van der Waals surface area contributed by atoms with Crippen LogP contribution in [-0.4, -0.2) is 26.7 Å². The maximum atomic E-state index is 14.8. The number of hydrogen-bond donors (Lipinski definition) is 1. The van der Waals surface area contributed by atoms with E-state index in [1.807, 2.05) is 67.2 Å². The third-order valence-corrected chi connectivity index (χ3v) is 5.51. The molecule has 7 heteroatoms. The Morgan fingerprint density at radius 3 is 2.62 bits per heavy atom. The van der Waals surface area contributed by atoms with E-state index in [0.717, 1.165) is 39.3 Å². The van der Waals surface area contributed by atoms with Crippen LogP contribution < -0.4 is 10.1 Å². The number of anilines is 2. The van der Waals surface area contributed by atoms with Crippen molar-refractivity contribution in [3.63, 3.8) is 0 Å². The van der Waals surface area contributed by atoms with Gasteiger partial charge in [-0.25, -0.2) is 9.07 Å². The molecule has 0 saturated carbocycles. The number of fused-ring (bicyclic) bond motifs is 1. The minimum atomic E-state index is -0.312. The Hall–Kier alpha value is -4.13. The first-order chi connectivity index (χ1) is 15.5. The smallest absolute Gasteiger partial charge is 0.133 e. The lowest BCUT2D eigenvalue weighted by Crippen LogP contribution is -1.99. The van der Waals surface area contributed by atoms with Crippen LogP contribution in [0.15, 0.2) is 73.1 Å². The molecule has 1 N–H and O–H groups in total. The first-order valence-electron chi connectivity index (χ1n) is 10.2. The van der Waals surface area contributed by atoms with Gasteiger partial charge in [-0.3, -0.25) is 4.68 Å². The Morgan fingerprint density at radius 2 is 1.88 bits per heavy atom. The van der Waals surface area contributed by atoms with Gasteiger partial charge < -0.3 is 10.1 Å². The van der Waals surface area contributed by atoms with E-state index in [1.165, 1.54) is 6.07 Å². The SMILES string of the molecule is COc1cccc(-n2nc3c(Nc4ccc(-c5cnn(C)c5)c(F)c4)cccc3c2C)c1. The molecule has 5 rings (SSSR count). The van der Waals surface area contributed by atoms with Crippen molar-refractivity contribution in [3.05, 3.63) is 84.6 Å². The number of rotatable bonds is 5. The lowest BCUT2D eigenvalue weighted by atomic mass is 10.1. The van der Waals surface area contributed by atoms with Gasteiger partial charge in [-0.1, -0.05) is 18.2 Å². The molecule has 6 nitrogen and oxygen atoms in total. The van der Waals surface area contributed by atoms with Gasteiger partial charge in [-0.15, -0.1) is 0 Å². The van der Waals surface area contributed by atoms with Crippen LogP contribution in [0.1, 0.15) is 5.69 Å². The zero-order valence-corrected chi connectivity index (χ0v) is 18.0. The molecule has 2 heterocycles. The van der Waals surface area contributed by atoms with Crippen molar-refractivity contribution in [2.75, 3.05) is 12.4 Å². The second-order valence-corrected chi connectivity index (χ2v) is 7.62. The molecular weight excluding hydrogens is 405 g/mol. The summed E-state index contributed by atoms with van der Waals surface area (Å²) in [7, 11) is 3.46. The number of aromatic nitrogens is 4. The van der Waals surface area contributed by atoms with Crippen molar-refractivity contribution in [2.24, 2.45) is 7.05 Å². The fraction of sp³-hybridized carbons (Fsp3) is 0.120. The number of nitrogens with zero attached hydrogens (tertiary/aromatic N) is 4. The maximum Gasteiger partial charge on any atom is 0.133 e. The molecule has 0 saturated heterocycles. The molecule has 0 unspecified atom stereocenters. The summed E-state index contributed by atoms with van der Waals surface area (Å²) in [6, 6.07) is 18.8. The van der Waals surface area contributed by atoms with E-state index in [1.54, 1.807) is 30.3 Å². The predicted molar refractivity (Wildman–Crippen MR) is 124 cm³/mol. The largest absolute Gasteiger partial charge is 0.497 e. The van der Waals surface area contributed by atoms with Crippen LogP contribution in [0.4, 0.5) is 15.8 Å². The topological polar surface area (TPSA) is 56.9 Å². The molecule has 0 aliphatic rings. The second-order valence-electron chi connectivity index (χ2n) is 7.62. The van der Waals surface area contributed by atoms with Crippen LogP contribution >= 0.6 is 0 Å². The Labute approximate surface area is 184 Å². The van der Waals surface area contributed by atoms with E-state index in [4.69, 9.17) is 9.84 Å². The number of nitrogens with one attached hydrogen (secondary N) is 1. The van der Waals surface area contributed by atoms with Crippen molar-refractivity contribution in [3.8, 4) is 22.6 Å². The molecule has 3 aromatic carbocycles. The fourth-order valence-corrected chi connectivity index (χ4v) is 3.87. The Kier molecular flexibility index (Phi) is 4.86. The van der Waals surface area contributed by atoms with Crippen molar-refractivity contribution in [2.45, 2.75) is 6.92 Å². The lowest BCUT2D eigenvalue weighted by molar-refractivity contribution is 0.414. The molecule has 0 spiro atoms. The zero-order chi connectivity index (χ0) is 22.2. The van der Waals surface area contributed by atoms with E-state index in [0.29, 0.717) is 11.3 Å². The first-order valence-corrected chi connectivity index (χ1v) is 10.2. The van der Waals surface area contributed by atoms with Crippen LogP contribution in [0.25, 0.3) is 27.7 Å². The highest BCUT2D eigenvalue weighted by Crippen LogP contribution is 2.31. The van der Waals surface area contributed by atoms with Crippen molar-refractivity contribution in [1.29, 1.82) is 0 Å². The van der Waals surface area contributed by atoms with Crippen LogP contribution in [0.5, 0.6) is 5.75 Å². The van der Waals surface area contributed by atoms with Gasteiger partial charge in [0, 0.05) is 47.2 Å². The molecule has 5 aromatic rings. The summed E-state index contributed by atoms with van der Waals surface area (Å²) in [4.78, 5) is 0. The second kappa shape index (κ2) is 7.85. The normalized spacial score (nSPS) is 11.1. The number of ether oxygens (including phenoxy) is 1. The van der Waals surface area contributed by atoms with Gasteiger partial charge >= 0.3 is 0 Å². The zero-order valence-electron chi connectivity index (χ0n) is 18.0. The van der Waals surface area contributed by atoms with Crippen LogP contribution in [-0.2, 0) is 7.05 Å². The summed E-state index contributed by atoms with van der Waals surface area (Å²) in [5, 5.41) is 13.3. The molecule has 2 aromatic heterocycles. The van der Waals surface area contributed by atoms with E-state index in [9.17, 15) is 4.39 Å². The minimum Gasteiger partial charge on any atom is -0.497 e. The van der Waals surface area contributed by atoms with Crippen molar-refractivity contribution in [1.82, 2.24) is 19.6 Å². The monoisotopic (exact) mass is 427 g/mol. The first kappa shape index (κ1) is 19.8. The Balaban J connectivity index is 1.52. The van der Waals surface area contributed by atoms with Crippen LogP contribution in [0.3, 0.4) is 0 Å². The third-order valence-electron chi connectivity index (χ3n) is 5.51. The minimum absolute atomic E-state index is 0.312. The van der Waals surface area contributed by atoms with E-state index in [-0.39, 0.29) is 5.82 Å². The maximum absolute atomic E-state index is 14.8. The summed E-state index contributed by atoms with van der Waals surface area (Å²) < 4.78 is 23.7. The average molecular weight is 427 g/mol. The standard InChI is InChI=1S/C25H22FN5O/c1-16-21-8-5-9-24(25(21)29-31(16)19-6-4-7-20(13-19)32-3)28-18-10-11-22(23(26)12-18)17-14-27-30(2)15-17/h4-15,28H,1-3H3.